The van der Waals surface area contributed by atoms with Crippen LogP contribution in [0.2, 0.25) is 5.02 Å². The summed E-state index contributed by atoms with van der Waals surface area (Å²) in [5.74, 6) is -0.435. The third kappa shape index (κ3) is 3.15. The zero-order valence-corrected chi connectivity index (χ0v) is 11.8. The standard InChI is InChI=1S/C15H18ClFO2/c1-19-15(7-3-2-4-8-15)14(18)10-11-9-12(16)5-6-13(11)17/h5-6,9H,2-4,7-8,10H2,1H3. The molecule has 0 bridgehead atoms. The van der Waals surface area contributed by atoms with Crippen LogP contribution in [0.25, 0.3) is 0 Å². The molecule has 2 nitrogen and oxygen atoms in total. The van der Waals surface area contributed by atoms with Crippen molar-refractivity contribution < 1.29 is 13.9 Å². The molecule has 0 aliphatic heterocycles. The summed E-state index contributed by atoms with van der Waals surface area (Å²) >= 11 is 5.85. The second-order valence-corrected chi connectivity index (χ2v) is 5.53. The van der Waals surface area contributed by atoms with Gasteiger partial charge in [0.1, 0.15) is 11.4 Å². The lowest BCUT2D eigenvalue weighted by Gasteiger charge is -2.34. The molecule has 1 aromatic rings. The van der Waals surface area contributed by atoms with Crippen molar-refractivity contribution in [2.75, 3.05) is 7.11 Å². The van der Waals surface area contributed by atoms with Crippen LogP contribution in [-0.4, -0.2) is 18.5 Å². The maximum absolute atomic E-state index is 13.7. The molecular formula is C15H18ClFO2. The van der Waals surface area contributed by atoms with E-state index in [2.05, 4.69) is 0 Å². The van der Waals surface area contributed by atoms with Crippen molar-refractivity contribution in [3.05, 3.63) is 34.6 Å². The summed E-state index contributed by atoms with van der Waals surface area (Å²) in [4.78, 5) is 12.4. The number of carbonyl (C=O) groups is 1. The molecule has 0 unspecified atom stereocenters. The number of benzene rings is 1. The number of hydrogen-bond acceptors (Lipinski definition) is 2. The second kappa shape index (κ2) is 6.02. The van der Waals surface area contributed by atoms with Gasteiger partial charge in [-0.1, -0.05) is 30.9 Å². The molecule has 0 spiro atoms. The second-order valence-electron chi connectivity index (χ2n) is 5.09. The third-order valence-corrected chi connectivity index (χ3v) is 4.15. The quantitative estimate of drug-likeness (QED) is 0.837. The summed E-state index contributed by atoms with van der Waals surface area (Å²) in [6.45, 7) is 0. The van der Waals surface area contributed by atoms with Crippen molar-refractivity contribution in [2.45, 2.75) is 44.1 Å². The molecule has 1 aromatic carbocycles. The summed E-state index contributed by atoms with van der Waals surface area (Å²) in [7, 11) is 1.57. The Morgan fingerprint density at radius 3 is 2.68 bits per heavy atom. The molecule has 0 saturated heterocycles. The highest BCUT2D eigenvalue weighted by Gasteiger charge is 2.39. The van der Waals surface area contributed by atoms with Crippen LogP contribution in [0.15, 0.2) is 18.2 Å². The Balaban J connectivity index is 2.17. The predicted molar refractivity (Wildman–Crippen MR) is 72.9 cm³/mol. The monoisotopic (exact) mass is 284 g/mol. The van der Waals surface area contributed by atoms with Crippen molar-refractivity contribution in [3.8, 4) is 0 Å². The molecule has 0 aromatic heterocycles. The minimum atomic E-state index is -0.729. The molecule has 1 aliphatic rings. The number of ketones is 1. The van der Waals surface area contributed by atoms with Gasteiger partial charge < -0.3 is 4.74 Å². The molecule has 0 heterocycles. The highest BCUT2D eigenvalue weighted by molar-refractivity contribution is 6.30. The predicted octanol–water partition coefficient (Wildman–Crippen LogP) is 3.94. The lowest BCUT2D eigenvalue weighted by Crippen LogP contribution is -2.43. The van der Waals surface area contributed by atoms with Crippen LogP contribution in [0.5, 0.6) is 0 Å². The number of Topliss-reactive ketones (excluding diaryl/α,β-unsaturated/α-hetero) is 1. The summed E-state index contributed by atoms with van der Waals surface area (Å²) in [6, 6.07) is 4.30. The highest BCUT2D eigenvalue weighted by Crippen LogP contribution is 2.33. The summed E-state index contributed by atoms with van der Waals surface area (Å²) in [6.07, 6.45) is 4.59. The lowest BCUT2D eigenvalue weighted by atomic mass is 9.79. The van der Waals surface area contributed by atoms with Gasteiger partial charge >= 0.3 is 0 Å². The fraction of sp³-hybridized carbons (Fsp3) is 0.533. The van der Waals surface area contributed by atoms with Crippen LogP contribution in [0, 0.1) is 5.82 Å². The van der Waals surface area contributed by atoms with Gasteiger partial charge in [0.15, 0.2) is 5.78 Å². The maximum atomic E-state index is 13.7. The molecular weight excluding hydrogens is 267 g/mol. The van der Waals surface area contributed by atoms with E-state index < -0.39 is 5.60 Å². The van der Waals surface area contributed by atoms with Crippen LogP contribution >= 0.6 is 11.6 Å². The van der Waals surface area contributed by atoms with E-state index in [0.717, 1.165) is 32.1 Å². The molecule has 104 valence electrons. The Morgan fingerprint density at radius 1 is 1.37 bits per heavy atom. The molecule has 4 heteroatoms. The Hall–Kier alpha value is -0.930. The third-order valence-electron chi connectivity index (χ3n) is 3.92. The minimum Gasteiger partial charge on any atom is -0.370 e. The molecule has 1 aliphatic carbocycles. The molecule has 1 fully saturated rings. The number of carbonyl (C=O) groups excluding carboxylic acids is 1. The molecule has 0 amide bonds. The Kier molecular flexibility index (Phi) is 4.58. The first-order valence-corrected chi connectivity index (χ1v) is 6.97. The number of hydrogen-bond donors (Lipinski definition) is 0. The fourth-order valence-electron chi connectivity index (χ4n) is 2.73. The van der Waals surface area contributed by atoms with Gasteiger partial charge in [-0.05, 0) is 36.6 Å². The molecule has 1 saturated carbocycles. The zero-order valence-electron chi connectivity index (χ0n) is 11.0. The van der Waals surface area contributed by atoms with Gasteiger partial charge in [0, 0.05) is 18.6 Å². The van der Waals surface area contributed by atoms with Crippen LogP contribution in [-0.2, 0) is 16.0 Å². The molecule has 0 N–H and O–H groups in total. The SMILES string of the molecule is COC1(C(=O)Cc2cc(Cl)ccc2F)CCCCC1. The van der Waals surface area contributed by atoms with Gasteiger partial charge in [-0.2, -0.15) is 0 Å². The highest BCUT2D eigenvalue weighted by atomic mass is 35.5. The van der Waals surface area contributed by atoms with Crippen LogP contribution in [0.1, 0.15) is 37.7 Å². The fourth-order valence-corrected chi connectivity index (χ4v) is 2.93. The lowest BCUT2D eigenvalue weighted by molar-refractivity contribution is -0.144. The van der Waals surface area contributed by atoms with Crippen molar-refractivity contribution in [1.82, 2.24) is 0 Å². The van der Waals surface area contributed by atoms with Gasteiger partial charge in [0.25, 0.3) is 0 Å². The first-order valence-electron chi connectivity index (χ1n) is 6.60. The molecule has 19 heavy (non-hydrogen) atoms. The summed E-state index contributed by atoms with van der Waals surface area (Å²) in [5, 5.41) is 0.444. The number of rotatable bonds is 4. The summed E-state index contributed by atoms with van der Waals surface area (Å²) in [5.41, 5.74) is -0.382. The topological polar surface area (TPSA) is 26.3 Å². The van der Waals surface area contributed by atoms with E-state index in [1.807, 2.05) is 0 Å². The summed E-state index contributed by atoms with van der Waals surface area (Å²) < 4.78 is 19.2. The van der Waals surface area contributed by atoms with E-state index in [4.69, 9.17) is 16.3 Å². The van der Waals surface area contributed by atoms with E-state index in [1.54, 1.807) is 7.11 Å². The van der Waals surface area contributed by atoms with E-state index in [0.29, 0.717) is 10.6 Å². The van der Waals surface area contributed by atoms with Crippen molar-refractivity contribution in [1.29, 1.82) is 0 Å². The van der Waals surface area contributed by atoms with Crippen molar-refractivity contribution in [3.63, 3.8) is 0 Å². The largest absolute Gasteiger partial charge is 0.370 e. The van der Waals surface area contributed by atoms with Gasteiger partial charge in [0.05, 0.1) is 0 Å². The van der Waals surface area contributed by atoms with Crippen LogP contribution in [0.4, 0.5) is 4.39 Å². The van der Waals surface area contributed by atoms with E-state index in [1.165, 1.54) is 18.2 Å². The van der Waals surface area contributed by atoms with E-state index in [9.17, 15) is 9.18 Å². The number of ether oxygens (including phenoxy) is 1. The van der Waals surface area contributed by atoms with E-state index in [-0.39, 0.29) is 18.0 Å². The van der Waals surface area contributed by atoms with E-state index >= 15 is 0 Å². The average molecular weight is 285 g/mol. The normalized spacial score (nSPS) is 18.3. The van der Waals surface area contributed by atoms with Gasteiger partial charge in [-0.15, -0.1) is 0 Å². The van der Waals surface area contributed by atoms with Crippen LogP contribution in [0.3, 0.4) is 0 Å². The Bertz CT molecular complexity index is 467. The van der Waals surface area contributed by atoms with Crippen molar-refractivity contribution >= 4 is 17.4 Å². The first-order chi connectivity index (χ1) is 9.07. The molecule has 2 rings (SSSR count). The smallest absolute Gasteiger partial charge is 0.169 e. The Labute approximate surface area is 117 Å². The molecule has 0 radical (unpaired) electrons. The zero-order chi connectivity index (χ0) is 13.9. The van der Waals surface area contributed by atoms with Gasteiger partial charge in [-0.3, -0.25) is 4.79 Å². The molecule has 0 atom stereocenters. The van der Waals surface area contributed by atoms with Crippen LogP contribution < -0.4 is 0 Å². The van der Waals surface area contributed by atoms with Crippen molar-refractivity contribution in [2.24, 2.45) is 0 Å². The Morgan fingerprint density at radius 2 is 2.05 bits per heavy atom. The first kappa shape index (κ1) is 14.5. The van der Waals surface area contributed by atoms with Gasteiger partial charge in [0.2, 0.25) is 0 Å². The van der Waals surface area contributed by atoms with Gasteiger partial charge in [-0.25, -0.2) is 4.39 Å². The number of halogens is 2. The average Bonchev–Trinajstić information content (AvgIpc) is 2.43. The maximum Gasteiger partial charge on any atom is 0.169 e. The number of methoxy groups -OCH3 is 1. The minimum absolute atomic E-state index is 0.0419.